The van der Waals surface area contributed by atoms with Gasteiger partial charge in [-0.05, 0) is 12.0 Å². The molecule has 0 saturated carbocycles. The molecule has 3 rings (SSSR count). The van der Waals surface area contributed by atoms with Crippen LogP contribution < -0.4 is 0 Å². The number of rotatable bonds is 4. The average Bonchev–Trinajstić information content (AvgIpc) is 2.61. The van der Waals surface area contributed by atoms with Crippen LogP contribution in [0.15, 0.2) is 48.9 Å². The minimum atomic E-state index is -0.178. The van der Waals surface area contributed by atoms with Gasteiger partial charge in [-0.2, -0.15) is 0 Å². The highest BCUT2D eigenvalue weighted by atomic mass is 16.5. The fraction of sp³-hybridized carbons (Fsp3) is 0.353. The maximum atomic E-state index is 12.4. The van der Waals surface area contributed by atoms with Crippen molar-refractivity contribution in [3.63, 3.8) is 0 Å². The first kappa shape index (κ1) is 14.7. The molecule has 0 spiro atoms. The summed E-state index contributed by atoms with van der Waals surface area (Å²) in [6, 6.07) is 10.1. The number of ether oxygens (including phenoxy) is 1. The molecule has 114 valence electrons. The zero-order valence-electron chi connectivity index (χ0n) is 12.4. The summed E-state index contributed by atoms with van der Waals surface area (Å²) in [5.41, 5.74) is 1.97. The second-order valence-corrected chi connectivity index (χ2v) is 5.32. The number of nitrogens with zero attached hydrogens (tertiary/aromatic N) is 3. The number of aromatic nitrogens is 2. The van der Waals surface area contributed by atoms with Gasteiger partial charge in [-0.25, -0.2) is 0 Å². The van der Waals surface area contributed by atoms with Crippen molar-refractivity contribution < 1.29 is 9.53 Å². The molecule has 1 amide bonds. The lowest BCUT2D eigenvalue weighted by atomic mass is 10.1. The number of benzene rings is 1. The Hall–Kier alpha value is -2.27. The van der Waals surface area contributed by atoms with Gasteiger partial charge >= 0.3 is 0 Å². The Balaban J connectivity index is 1.56. The predicted octanol–water partition coefficient (Wildman–Crippen LogP) is 2.01. The van der Waals surface area contributed by atoms with Crippen molar-refractivity contribution in [1.29, 1.82) is 0 Å². The Morgan fingerprint density at radius 3 is 2.91 bits per heavy atom. The van der Waals surface area contributed by atoms with Gasteiger partial charge in [0.15, 0.2) is 0 Å². The number of hydrogen-bond donors (Lipinski definition) is 0. The van der Waals surface area contributed by atoms with E-state index in [-0.39, 0.29) is 12.0 Å². The summed E-state index contributed by atoms with van der Waals surface area (Å²) in [7, 11) is 0. The molecule has 1 aliphatic rings. The van der Waals surface area contributed by atoms with Gasteiger partial charge in [0.05, 0.1) is 25.0 Å². The van der Waals surface area contributed by atoms with E-state index in [4.69, 9.17) is 4.74 Å². The molecule has 22 heavy (non-hydrogen) atoms. The van der Waals surface area contributed by atoms with Gasteiger partial charge < -0.3 is 9.64 Å². The van der Waals surface area contributed by atoms with Crippen LogP contribution in [-0.4, -0.2) is 40.5 Å². The van der Waals surface area contributed by atoms with Crippen LogP contribution in [0.1, 0.15) is 23.8 Å². The third-order valence-corrected chi connectivity index (χ3v) is 3.80. The molecule has 2 aromatic rings. The first-order valence-electron chi connectivity index (χ1n) is 7.52. The zero-order valence-corrected chi connectivity index (χ0v) is 12.4. The average molecular weight is 297 g/mol. The zero-order chi connectivity index (χ0) is 15.2. The van der Waals surface area contributed by atoms with E-state index in [1.165, 1.54) is 5.56 Å². The van der Waals surface area contributed by atoms with Crippen LogP contribution in [0.4, 0.5) is 0 Å². The van der Waals surface area contributed by atoms with E-state index in [1.54, 1.807) is 18.6 Å². The van der Waals surface area contributed by atoms with Crippen molar-refractivity contribution in [2.75, 3.05) is 19.7 Å². The second kappa shape index (κ2) is 7.13. The highest BCUT2D eigenvalue weighted by Gasteiger charge is 2.26. The lowest BCUT2D eigenvalue weighted by molar-refractivity contribution is -0.139. The Kier molecular flexibility index (Phi) is 4.75. The van der Waals surface area contributed by atoms with Crippen molar-refractivity contribution in [2.45, 2.75) is 18.9 Å². The highest BCUT2D eigenvalue weighted by molar-refractivity contribution is 5.76. The lowest BCUT2D eigenvalue weighted by Gasteiger charge is -2.32. The smallest absolute Gasteiger partial charge is 0.223 e. The van der Waals surface area contributed by atoms with Crippen LogP contribution in [0.5, 0.6) is 0 Å². The van der Waals surface area contributed by atoms with E-state index in [0.717, 1.165) is 12.1 Å². The summed E-state index contributed by atoms with van der Waals surface area (Å²) < 4.78 is 5.71. The minimum Gasteiger partial charge on any atom is -0.368 e. The van der Waals surface area contributed by atoms with E-state index in [0.29, 0.717) is 26.1 Å². The molecular formula is C17H19N3O2. The largest absolute Gasteiger partial charge is 0.368 e. The van der Waals surface area contributed by atoms with Gasteiger partial charge in [0.25, 0.3) is 0 Å². The lowest BCUT2D eigenvalue weighted by Crippen LogP contribution is -2.42. The van der Waals surface area contributed by atoms with Crippen LogP contribution >= 0.6 is 0 Å². The summed E-state index contributed by atoms with van der Waals surface area (Å²) in [6.45, 7) is 1.73. The van der Waals surface area contributed by atoms with Crippen LogP contribution in [0, 0.1) is 0 Å². The third-order valence-electron chi connectivity index (χ3n) is 3.80. The van der Waals surface area contributed by atoms with Gasteiger partial charge in [0, 0.05) is 25.4 Å². The van der Waals surface area contributed by atoms with Crippen molar-refractivity contribution >= 4 is 5.91 Å². The Bertz CT molecular complexity index is 604. The van der Waals surface area contributed by atoms with Crippen molar-refractivity contribution in [3.05, 3.63) is 60.2 Å². The standard InChI is InChI=1S/C17H19N3O2/c21-17(7-6-14-4-2-1-3-5-14)20-10-11-22-16(13-20)15-12-18-8-9-19-15/h1-5,8-9,12,16H,6-7,10-11,13H2. The molecule has 2 heterocycles. The van der Waals surface area contributed by atoms with Gasteiger partial charge in [0.1, 0.15) is 6.10 Å². The quantitative estimate of drug-likeness (QED) is 0.866. The summed E-state index contributed by atoms with van der Waals surface area (Å²) in [5, 5.41) is 0. The number of aryl methyl sites for hydroxylation is 1. The van der Waals surface area contributed by atoms with Gasteiger partial charge in [-0.3, -0.25) is 14.8 Å². The maximum Gasteiger partial charge on any atom is 0.223 e. The van der Waals surface area contributed by atoms with Gasteiger partial charge in [-0.1, -0.05) is 30.3 Å². The summed E-state index contributed by atoms with van der Waals surface area (Å²) in [6.07, 6.45) is 6.10. The molecule has 1 atom stereocenters. The molecular weight excluding hydrogens is 278 g/mol. The monoisotopic (exact) mass is 297 g/mol. The van der Waals surface area contributed by atoms with Crippen LogP contribution in [0.2, 0.25) is 0 Å². The Morgan fingerprint density at radius 1 is 1.27 bits per heavy atom. The fourth-order valence-corrected chi connectivity index (χ4v) is 2.59. The van der Waals surface area contributed by atoms with Gasteiger partial charge in [-0.15, -0.1) is 0 Å². The van der Waals surface area contributed by atoms with Crippen molar-refractivity contribution in [3.8, 4) is 0 Å². The first-order valence-corrected chi connectivity index (χ1v) is 7.52. The summed E-state index contributed by atoms with van der Waals surface area (Å²) in [4.78, 5) is 22.6. The molecule has 1 fully saturated rings. The summed E-state index contributed by atoms with van der Waals surface area (Å²) in [5.74, 6) is 0.168. The molecule has 5 heteroatoms. The van der Waals surface area contributed by atoms with Crippen LogP contribution in [0.25, 0.3) is 0 Å². The maximum absolute atomic E-state index is 12.4. The number of amides is 1. The molecule has 1 aliphatic heterocycles. The molecule has 1 aromatic carbocycles. The summed E-state index contributed by atoms with van der Waals surface area (Å²) >= 11 is 0. The predicted molar refractivity (Wildman–Crippen MR) is 82.1 cm³/mol. The van der Waals surface area contributed by atoms with E-state index >= 15 is 0 Å². The third kappa shape index (κ3) is 3.68. The van der Waals surface area contributed by atoms with Crippen LogP contribution in [-0.2, 0) is 16.0 Å². The molecule has 1 aromatic heterocycles. The molecule has 1 unspecified atom stereocenters. The number of carbonyl (C=O) groups is 1. The van der Waals surface area contributed by atoms with Gasteiger partial charge in [0.2, 0.25) is 5.91 Å². The van der Waals surface area contributed by atoms with E-state index < -0.39 is 0 Å². The molecule has 5 nitrogen and oxygen atoms in total. The number of morpholine rings is 1. The fourth-order valence-electron chi connectivity index (χ4n) is 2.59. The topological polar surface area (TPSA) is 55.3 Å². The first-order chi connectivity index (χ1) is 10.8. The van der Waals surface area contributed by atoms with E-state index in [2.05, 4.69) is 22.1 Å². The Morgan fingerprint density at radius 2 is 2.14 bits per heavy atom. The Labute approximate surface area is 130 Å². The van der Waals surface area contributed by atoms with Crippen molar-refractivity contribution in [2.24, 2.45) is 0 Å². The van der Waals surface area contributed by atoms with E-state index in [1.807, 2.05) is 23.1 Å². The molecule has 0 aliphatic carbocycles. The van der Waals surface area contributed by atoms with Crippen molar-refractivity contribution in [1.82, 2.24) is 14.9 Å². The van der Waals surface area contributed by atoms with Crippen LogP contribution in [0.3, 0.4) is 0 Å². The number of hydrogen-bond acceptors (Lipinski definition) is 4. The molecule has 1 saturated heterocycles. The van der Waals surface area contributed by atoms with E-state index in [9.17, 15) is 4.79 Å². The SMILES string of the molecule is O=C(CCc1ccccc1)N1CCOC(c2cnccn2)C1. The molecule has 0 N–H and O–H groups in total. The second-order valence-electron chi connectivity index (χ2n) is 5.32. The normalized spacial score (nSPS) is 18.2. The molecule has 0 radical (unpaired) electrons. The highest BCUT2D eigenvalue weighted by Crippen LogP contribution is 2.20. The number of carbonyl (C=O) groups excluding carboxylic acids is 1. The minimum absolute atomic E-state index is 0.168. The molecule has 0 bridgehead atoms.